The molecule has 0 radical (unpaired) electrons. The van der Waals surface area contributed by atoms with Crippen LogP contribution in [0.1, 0.15) is 4.88 Å². The van der Waals surface area contributed by atoms with E-state index in [1.165, 1.54) is 15.3 Å². The van der Waals surface area contributed by atoms with E-state index in [-0.39, 0.29) is 0 Å². The van der Waals surface area contributed by atoms with Crippen LogP contribution in [-0.2, 0) is 0 Å². The third-order valence-electron chi connectivity index (χ3n) is 1.94. The fourth-order valence-corrected chi connectivity index (χ4v) is 2.11. The van der Waals surface area contributed by atoms with Crippen molar-refractivity contribution in [1.82, 2.24) is 0 Å². The van der Waals surface area contributed by atoms with E-state index in [2.05, 4.69) is 31.2 Å². The number of aryl methyl sites for hydroxylation is 1. The molecule has 13 heavy (non-hydrogen) atoms. The molecule has 1 nitrogen and oxygen atoms in total. The molecular weight excluding hydrogens is 178 g/mol. The zero-order valence-electron chi connectivity index (χ0n) is 7.45. The van der Waals surface area contributed by atoms with Crippen LogP contribution in [0, 0.1) is 6.92 Å². The van der Waals surface area contributed by atoms with Gasteiger partial charge in [-0.1, -0.05) is 12.1 Å². The van der Waals surface area contributed by atoms with Gasteiger partial charge in [0, 0.05) is 15.4 Å². The number of anilines is 1. The lowest BCUT2D eigenvalue weighted by Crippen LogP contribution is -1.82. The lowest BCUT2D eigenvalue weighted by atomic mass is 10.2. The van der Waals surface area contributed by atoms with Crippen molar-refractivity contribution in [3.8, 4) is 10.4 Å². The van der Waals surface area contributed by atoms with Gasteiger partial charge in [0.15, 0.2) is 0 Å². The first-order valence-corrected chi connectivity index (χ1v) is 5.00. The van der Waals surface area contributed by atoms with Crippen molar-refractivity contribution < 1.29 is 0 Å². The van der Waals surface area contributed by atoms with Crippen molar-refractivity contribution in [3.63, 3.8) is 0 Å². The van der Waals surface area contributed by atoms with Crippen molar-refractivity contribution in [3.05, 3.63) is 41.3 Å². The van der Waals surface area contributed by atoms with E-state index in [0.717, 1.165) is 5.69 Å². The van der Waals surface area contributed by atoms with Crippen molar-refractivity contribution in [2.75, 3.05) is 5.73 Å². The summed E-state index contributed by atoms with van der Waals surface area (Å²) in [5, 5.41) is 0. The molecule has 2 heteroatoms. The highest BCUT2D eigenvalue weighted by Gasteiger charge is 1.98. The molecule has 66 valence electrons. The van der Waals surface area contributed by atoms with Crippen LogP contribution in [-0.4, -0.2) is 0 Å². The Morgan fingerprint density at radius 3 is 2.23 bits per heavy atom. The maximum absolute atomic E-state index is 5.61. The van der Waals surface area contributed by atoms with Gasteiger partial charge in [0.2, 0.25) is 0 Å². The molecule has 0 bridgehead atoms. The molecule has 2 N–H and O–H groups in total. The van der Waals surface area contributed by atoms with Gasteiger partial charge < -0.3 is 5.73 Å². The smallest absolute Gasteiger partial charge is 0.0345 e. The van der Waals surface area contributed by atoms with Gasteiger partial charge in [-0.3, -0.25) is 0 Å². The van der Waals surface area contributed by atoms with Gasteiger partial charge in [-0.2, -0.15) is 0 Å². The van der Waals surface area contributed by atoms with Crippen LogP contribution in [0.5, 0.6) is 0 Å². The molecular formula is C11H11NS. The summed E-state index contributed by atoms with van der Waals surface area (Å²) in [5.41, 5.74) is 7.67. The highest BCUT2D eigenvalue weighted by atomic mass is 32.1. The SMILES string of the molecule is Cc1ccc(-c2ccc(N)cc2)s1. The molecule has 0 spiro atoms. The Kier molecular flexibility index (Phi) is 2.07. The minimum absolute atomic E-state index is 0.817. The van der Waals surface area contributed by atoms with Crippen LogP contribution in [0.3, 0.4) is 0 Å². The quantitative estimate of drug-likeness (QED) is 0.684. The van der Waals surface area contributed by atoms with Gasteiger partial charge in [-0.15, -0.1) is 11.3 Å². The van der Waals surface area contributed by atoms with Crippen LogP contribution in [0.2, 0.25) is 0 Å². The normalized spacial score (nSPS) is 10.2. The summed E-state index contributed by atoms with van der Waals surface area (Å²) >= 11 is 1.81. The molecule has 1 aromatic carbocycles. The Bertz CT molecular complexity index is 400. The van der Waals surface area contributed by atoms with E-state index in [1.807, 2.05) is 12.1 Å². The summed E-state index contributed by atoms with van der Waals surface area (Å²) < 4.78 is 0. The number of hydrogen-bond donors (Lipinski definition) is 1. The van der Waals surface area contributed by atoms with Crippen LogP contribution in [0.15, 0.2) is 36.4 Å². The molecule has 0 aliphatic heterocycles. The van der Waals surface area contributed by atoms with Crippen LogP contribution >= 0.6 is 11.3 Å². The van der Waals surface area contributed by atoms with Gasteiger partial charge >= 0.3 is 0 Å². The number of nitrogen functional groups attached to an aromatic ring is 1. The fourth-order valence-electron chi connectivity index (χ4n) is 1.24. The van der Waals surface area contributed by atoms with Gasteiger partial charge in [0.25, 0.3) is 0 Å². The summed E-state index contributed by atoms with van der Waals surface area (Å²) in [6.45, 7) is 2.12. The Hall–Kier alpha value is -1.28. The zero-order chi connectivity index (χ0) is 9.26. The molecule has 0 atom stereocenters. The van der Waals surface area contributed by atoms with Crippen molar-refractivity contribution in [1.29, 1.82) is 0 Å². The Morgan fingerprint density at radius 2 is 1.69 bits per heavy atom. The number of nitrogens with two attached hydrogens (primary N) is 1. The van der Waals surface area contributed by atoms with Crippen molar-refractivity contribution in [2.24, 2.45) is 0 Å². The molecule has 0 aliphatic carbocycles. The summed E-state index contributed by atoms with van der Waals surface area (Å²) in [5.74, 6) is 0. The van der Waals surface area contributed by atoms with Gasteiger partial charge in [0.05, 0.1) is 0 Å². The second-order valence-electron chi connectivity index (χ2n) is 3.03. The third-order valence-corrected chi connectivity index (χ3v) is 2.99. The second-order valence-corrected chi connectivity index (χ2v) is 4.32. The summed E-state index contributed by atoms with van der Waals surface area (Å²) in [6, 6.07) is 12.3. The highest BCUT2D eigenvalue weighted by Crippen LogP contribution is 2.27. The van der Waals surface area contributed by atoms with E-state index < -0.39 is 0 Å². The minimum Gasteiger partial charge on any atom is -0.399 e. The molecule has 0 saturated carbocycles. The first-order valence-electron chi connectivity index (χ1n) is 4.18. The molecule has 0 fully saturated rings. The highest BCUT2D eigenvalue weighted by molar-refractivity contribution is 7.15. The molecule has 1 heterocycles. The molecule has 0 amide bonds. The minimum atomic E-state index is 0.817. The number of rotatable bonds is 1. The molecule has 0 unspecified atom stereocenters. The fraction of sp³-hybridized carbons (Fsp3) is 0.0909. The van der Waals surface area contributed by atoms with E-state index >= 15 is 0 Å². The number of hydrogen-bond acceptors (Lipinski definition) is 2. The van der Waals surface area contributed by atoms with E-state index in [4.69, 9.17) is 5.73 Å². The van der Waals surface area contributed by atoms with Gasteiger partial charge in [-0.25, -0.2) is 0 Å². The predicted octanol–water partition coefficient (Wildman–Crippen LogP) is 3.31. The standard InChI is InChI=1S/C11H11NS/c1-8-2-7-11(13-8)9-3-5-10(12)6-4-9/h2-7H,12H2,1H3. The van der Waals surface area contributed by atoms with E-state index in [0.29, 0.717) is 0 Å². The van der Waals surface area contributed by atoms with Crippen LogP contribution < -0.4 is 5.73 Å². The Balaban J connectivity index is 2.41. The first kappa shape index (κ1) is 8.32. The maximum atomic E-state index is 5.61. The zero-order valence-corrected chi connectivity index (χ0v) is 8.27. The first-order chi connectivity index (χ1) is 6.25. The second kappa shape index (κ2) is 3.23. The number of thiophene rings is 1. The van der Waals surface area contributed by atoms with Crippen LogP contribution in [0.25, 0.3) is 10.4 Å². The van der Waals surface area contributed by atoms with Crippen LogP contribution in [0.4, 0.5) is 5.69 Å². The average Bonchev–Trinajstić information content (AvgIpc) is 2.53. The number of benzene rings is 1. The monoisotopic (exact) mass is 189 g/mol. The van der Waals surface area contributed by atoms with Crippen molar-refractivity contribution in [2.45, 2.75) is 6.92 Å². The van der Waals surface area contributed by atoms with Crippen molar-refractivity contribution >= 4 is 17.0 Å². The molecule has 0 saturated heterocycles. The largest absolute Gasteiger partial charge is 0.399 e. The van der Waals surface area contributed by atoms with E-state index in [9.17, 15) is 0 Å². The third kappa shape index (κ3) is 1.73. The van der Waals surface area contributed by atoms with Gasteiger partial charge in [0.1, 0.15) is 0 Å². The molecule has 2 aromatic rings. The topological polar surface area (TPSA) is 26.0 Å². The Morgan fingerprint density at radius 1 is 1.00 bits per heavy atom. The Labute approximate surface area is 81.8 Å². The lowest BCUT2D eigenvalue weighted by molar-refractivity contribution is 1.64. The maximum Gasteiger partial charge on any atom is 0.0345 e. The summed E-state index contributed by atoms with van der Waals surface area (Å²) in [4.78, 5) is 2.64. The summed E-state index contributed by atoms with van der Waals surface area (Å²) in [6.07, 6.45) is 0. The lowest BCUT2D eigenvalue weighted by Gasteiger charge is -1.97. The molecule has 0 aliphatic rings. The molecule has 2 rings (SSSR count). The van der Waals surface area contributed by atoms with E-state index in [1.54, 1.807) is 11.3 Å². The summed E-state index contributed by atoms with van der Waals surface area (Å²) in [7, 11) is 0. The molecule has 1 aromatic heterocycles. The van der Waals surface area contributed by atoms with Gasteiger partial charge in [-0.05, 0) is 36.8 Å². The predicted molar refractivity (Wildman–Crippen MR) is 58.9 cm³/mol. The average molecular weight is 189 g/mol.